The summed E-state index contributed by atoms with van der Waals surface area (Å²) in [6.07, 6.45) is 0. The van der Waals surface area contributed by atoms with Crippen molar-refractivity contribution in [1.82, 2.24) is 4.98 Å². The van der Waals surface area contributed by atoms with Crippen LogP contribution in [0.1, 0.15) is 10.5 Å². The number of benzene rings is 2. The molecule has 0 fully saturated rings. The van der Waals surface area contributed by atoms with Crippen molar-refractivity contribution < 1.29 is 9.18 Å². The largest absolute Gasteiger partial charge is 0.376 e. The number of amides is 1. The molecule has 0 unspecified atom stereocenters. The van der Waals surface area contributed by atoms with Gasteiger partial charge in [0.15, 0.2) is 0 Å². The smallest absolute Gasteiger partial charge is 0.275 e. The van der Waals surface area contributed by atoms with Gasteiger partial charge in [-0.2, -0.15) is 0 Å². The third-order valence-corrected chi connectivity index (χ3v) is 4.35. The van der Waals surface area contributed by atoms with Crippen LogP contribution in [-0.2, 0) is 0 Å². The molecule has 1 aromatic heterocycles. The van der Waals surface area contributed by atoms with Gasteiger partial charge in [-0.3, -0.25) is 4.79 Å². The predicted molar refractivity (Wildman–Crippen MR) is 96.2 cm³/mol. The molecule has 6 heteroatoms. The Morgan fingerprint density at radius 3 is 2.58 bits per heavy atom. The lowest BCUT2D eigenvalue weighted by Gasteiger charge is -2.17. The summed E-state index contributed by atoms with van der Waals surface area (Å²) >= 11 is 1.24. The molecule has 0 atom stereocenters. The molecule has 1 amide bonds. The minimum atomic E-state index is -0.350. The second-order valence-electron chi connectivity index (χ2n) is 5.38. The number of carbonyl (C=O) groups is 1. The van der Waals surface area contributed by atoms with Crippen molar-refractivity contribution in [2.24, 2.45) is 0 Å². The minimum Gasteiger partial charge on any atom is -0.376 e. The molecule has 0 aliphatic heterocycles. The Morgan fingerprint density at radius 2 is 1.83 bits per heavy atom. The van der Waals surface area contributed by atoms with Crippen LogP contribution >= 0.6 is 11.3 Å². The molecule has 0 aliphatic rings. The first-order chi connectivity index (χ1) is 11.6. The number of rotatable bonds is 4. The zero-order valence-corrected chi connectivity index (χ0v) is 14.1. The van der Waals surface area contributed by atoms with Gasteiger partial charge in [0, 0.05) is 25.0 Å². The molecular formula is C18H16FN3OS. The first-order valence-electron chi connectivity index (χ1n) is 7.34. The van der Waals surface area contributed by atoms with E-state index in [0.717, 1.165) is 5.69 Å². The number of aromatic nitrogens is 1. The monoisotopic (exact) mass is 341 g/mol. The fourth-order valence-electron chi connectivity index (χ4n) is 2.29. The molecule has 2 aromatic carbocycles. The molecule has 1 heterocycles. The lowest BCUT2D eigenvalue weighted by molar-refractivity contribution is 0.102. The van der Waals surface area contributed by atoms with Crippen LogP contribution in [0.15, 0.2) is 53.9 Å². The van der Waals surface area contributed by atoms with Gasteiger partial charge >= 0.3 is 0 Å². The molecule has 0 aliphatic carbocycles. The van der Waals surface area contributed by atoms with Crippen molar-refractivity contribution in [2.45, 2.75) is 0 Å². The van der Waals surface area contributed by atoms with Gasteiger partial charge in [-0.25, -0.2) is 9.37 Å². The standard InChI is InChI=1S/C18H16FN3OS/c1-22(2)16-10-6-5-9-14(16)20-17(23)15-11-24-18(21-15)12-7-3-4-8-13(12)19/h3-11H,1-2H3,(H,20,23). The molecule has 0 saturated carbocycles. The molecule has 0 bridgehead atoms. The summed E-state index contributed by atoms with van der Waals surface area (Å²) in [6, 6.07) is 13.9. The van der Waals surface area contributed by atoms with Crippen molar-refractivity contribution in [3.8, 4) is 10.6 Å². The van der Waals surface area contributed by atoms with Crippen molar-refractivity contribution in [2.75, 3.05) is 24.3 Å². The molecule has 24 heavy (non-hydrogen) atoms. The number of hydrogen-bond acceptors (Lipinski definition) is 4. The number of thiazole rings is 1. The lowest BCUT2D eigenvalue weighted by Crippen LogP contribution is -2.16. The second-order valence-corrected chi connectivity index (χ2v) is 6.24. The highest BCUT2D eigenvalue weighted by atomic mass is 32.1. The average molecular weight is 341 g/mol. The van der Waals surface area contributed by atoms with Crippen LogP contribution in [-0.4, -0.2) is 25.0 Å². The van der Waals surface area contributed by atoms with Gasteiger partial charge in [0.2, 0.25) is 0 Å². The van der Waals surface area contributed by atoms with Crippen molar-refractivity contribution in [3.05, 3.63) is 65.4 Å². The van der Waals surface area contributed by atoms with E-state index in [4.69, 9.17) is 0 Å². The fourth-order valence-corrected chi connectivity index (χ4v) is 3.12. The van der Waals surface area contributed by atoms with Crippen LogP contribution in [0.5, 0.6) is 0 Å². The Bertz CT molecular complexity index is 876. The normalized spacial score (nSPS) is 10.5. The second kappa shape index (κ2) is 6.80. The SMILES string of the molecule is CN(C)c1ccccc1NC(=O)c1csc(-c2ccccc2F)n1. The summed E-state index contributed by atoms with van der Waals surface area (Å²) in [5, 5.41) is 4.98. The summed E-state index contributed by atoms with van der Waals surface area (Å²) < 4.78 is 13.8. The fraction of sp³-hybridized carbons (Fsp3) is 0.111. The first-order valence-corrected chi connectivity index (χ1v) is 8.22. The van der Waals surface area contributed by atoms with Crippen LogP contribution < -0.4 is 10.2 Å². The topological polar surface area (TPSA) is 45.2 Å². The highest BCUT2D eigenvalue weighted by Crippen LogP contribution is 2.27. The number of anilines is 2. The van der Waals surface area contributed by atoms with Crippen molar-refractivity contribution in [3.63, 3.8) is 0 Å². The van der Waals surface area contributed by atoms with Gasteiger partial charge < -0.3 is 10.2 Å². The quantitative estimate of drug-likeness (QED) is 0.771. The third kappa shape index (κ3) is 3.28. The summed E-state index contributed by atoms with van der Waals surface area (Å²) in [5.41, 5.74) is 2.27. The van der Waals surface area contributed by atoms with Crippen LogP contribution in [0.4, 0.5) is 15.8 Å². The van der Waals surface area contributed by atoms with E-state index in [2.05, 4.69) is 10.3 Å². The Balaban J connectivity index is 1.84. The van der Waals surface area contributed by atoms with Crippen LogP contribution in [0.2, 0.25) is 0 Å². The summed E-state index contributed by atoms with van der Waals surface area (Å²) in [5.74, 6) is -0.667. The van der Waals surface area contributed by atoms with E-state index < -0.39 is 0 Å². The minimum absolute atomic E-state index is 0.270. The molecular weight excluding hydrogens is 325 g/mol. The molecule has 0 spiro atoms. The summed E-state index contributed by atoms with van der Waals surface area (Å²) in [4.78, 5) is 18.6. The molecule has 0 radical (unpaired) electrons. The molecule has 122 valence electrons. The van der Waals surface area contributed by atoms with E-state index in [1.54, 1.807) is 23.6 Å². The zero-order chi connectivity index (χ0) is 17.1. The Hall–Kier alpha value is -2.73. The van der Waals surface area contributed by atoms with Gasteiger partial charge in [-0.15, -0.1) is 11.3 Å². The van der Waals surface area contributed by atoms with Crippen molar-refractivity contribution in [1.29, 1.82) is 0 Å². The van der Waals surface area contributed by atoms with Crippen LogP contribution in [0, 0.1) is 5.82 Å². The van der Waals surface area contributed by atoms with Gasteiger partial charge in [-0.05, 0) is 24.3 Å². The Morgan fingerprint density at radius 1 is 1.12 bits per heavy atom. The molecule has 3 rings (SSSR count). The Kier molecular flexibility index (Phi) is 4.57. The maximum atomic E-state index is 13.8. The van der Waals surface area contributed by atoms with Crippen LogP contribution in [0.25, 0.3) is 10.6 Å². The number of halogens is 1. The summed E-state index contributed by atoms with van der Waals surface area (Å²) in [7, 11) is 3.81. The van der Waals surface area contributed by atoms with Gasteiger partial charge in [0.1, 0.15) is 16.5 Å². The third-order valence-electron chi connectivity index (χ3n) is 3.48. The lowest BCUT2D eigenvalue weighted by atomic mass is 10.2. The van der Waals surface area contributed by atoms with E-state index >= 15 is 0 Å². The Labute approximate surface area is 143 Å². The van der Waals surface area contributed by atoms with E-state index in [9.17, 15) is 9.18 Å². The van der Waals surface area contributed by atoms with Crippen LogP contribution in [0.3, 0.4) is 0 Å². The van der Waals surface area contributed by atoms with Gasteiger partial charge in [-0.1, -0.05) is 24.3 Å². The number of hydrogen-bond donors (Lipinski definition) is 1. The average Bonchev–Trinajstić information content (AvgIpc) is 3.05. The number of carbonyl (C=O) groups excluding carboxylic acids is 1. The molecule has 4 nitrogen and oxygen atoms in total. The number of nitrogens with zero attached hydrogens (tertiary/aromatic N) is 2. The molecule has 3 aromatic rings. The maximum Gasteiger partial charge on any atom is 0.275 e. The number of nitrogens with one attached hydrogen (secondary N) is 1. The van der Waals surface area contributed by atoms with Gasteiger partial charge in [0.25, 0.3) is 5.91 Å². The van der Waals surface area contributed by atoms with Gasteiger partial charge in [0.05, 0.1) is 11.4 Å². The summed E-state index contributed by atoms with van der Waals surface area (Å²) in [6.45, 7) is 0. The molecule has 1 N–H and O–H groups in total. The van der Waals surface area contributed by atoms with E-state index in [1.807, 2.05) is 43.3 Å². The van der Waals surface area contributed by atoms with E-state index in [-0.39, 0.29) is 17.4 Å². The zero-order valence-electron chi connectivity index (χ0n) is 13.3. The highest BCUT2D eigenvalue weighted by Gasteiger charge is 2.15. The number of para-hydroxylation sites is 2. The maximum absolute atomic E-state index is 13.8. The predicted octanol–water partition coefficient (Wildman–Crippen LogP) is 4.27. The molecule has 0 saturated heterocycles. The van der Waals surface area contributed by atoms with E-state index in [0.29, 0.717) is 16.3 Å². The highest BCUT2D eigenvalue weighted by molar-refractivity contribution is 7.13. The van der Waals surface area contributed by atoms with Crippen molar-refractivity contribution >= 4 is 28.6 Å². The van der Waals surface area contributed by atoms with E-state index in [1.165, 1.54) is 17.4 Å². The first kappa shape index (κ1) is 16.1.